The number of methoxy groups -OCH3 is 1. The van der Waals surface area contributed by atoms with E-state index >= 15 is 0 Å². The average molecular weight is 370 g/mol. The van der Waals surface area contributed by atoms with Crippen molar-refractivity contribution in [3.63, 3.8) is 0 Å². The van der Waals surface area contributed by atoms with Crippen molar-refractivity contribution in [2.75, 3.05) is 26.9 Å². The summed E-state index contributed by atoms with van der Waals surface area (Å²) in [7, 11) is 1.34. The van der Waals surface area contributed by atoms with Crippen LogP contribution in [0.2, 0.25) is 0 Å². The van der Waals surface area contributed by atoms with Crippen molar-refractivity contribution in [2.24, 2.45) is 5.92 Å². The molecule has 0 aromatic rings. The molecular weight excluding hydrogens is 347 g/mol. The van der Waals surface area contributed by atoms with Gasteiger partial charge in [0.25, 0.3) is 0 Å². The van der Waals surface area contributed by atoms with E-state index in [0.29, 0.717) is 0 Å². The van der Waals surface area contributed by atoms with Crippen molar-refractivity contribution < 1.29 is 54.0 Å². The monoisotopic (exact) mass is 370 g/mol. The molecule has 5 unspecified atom stereocenters. The largest absolute Gasteiger partial charge is 0.504 e. The molecule has 25 heavy (non-hydrogen) atoms. The maximum atomic E-state index is 13.4. The van der Waals surface area contributed by atoms with Gasteiger partial charge in [-0.3, -0.25) is 0 Å². The summed E-state index contributed by atoms with van der Waals surface area (Å²) in [6.07, 6.45) is -10.7. The lowest BCUT2D eigenvalue weighted by Crippen LogP contribution is -2.60. The van der Waals surface area contributed by atoms with Crippen LogP contribution in [-0.2, 0) is 18.9 Å². The van der Waals surface area contributed by atoms with Gasteiger partial charge in [0, 0.05) is 13.0 Å². The number of hydrogen-bond acceptors (Lipinski definition) is 10. The van der Waals surface area contributed by atoms with Crippen LogP contribution in [0.3, 0.4) is 0 Å². The molecule has 0 spiro atoms. The van der Waals surface area contributed by atoms with E-state index in [4.69, 9.17) is 14.2 Å². The Hall–Kier alpha value is -1.05. The quantitative estimate of drug-likeness (QED) is 0.306. The first-order valence-corrected chi connectivity index (χ1v) is 7.66. The molecule has 8 atom stereocenters. The average Bonchev–Trinajstić information content (AvgIpc) is 2.70. The fourth-order valence-corrected chi connectivity index (χ4v) is 2.71. The Morgan fingerprint density at radius 2 is 1.84 bits per heavy atom. The van der Waals surface area contributed by atoms with Crippen molar-refractivity contribution in [3.05, 3.63) is 11.8 Å². The number of hydrogen-bond donors (Lipinski definition) is 6. The minimum Gasteiger partial charge on any atom is -0.504 e. The second-order valence-electron chi connectivity index (χ2n) is 5.93. The van der Waals surface area contributed by atoms with Gasteiger partial charge >= 0.3 is 6.01 Å². The van der Waals surface area contributed by atoms with Crippen molar-refractivity contribution in [1.82, 2.24) is 0 Å². The van der Waals surface area contributed by atoms with Gasteiger partial charge in [-0.2, -0.15) is 4.39 Å². The zero-order valence-electron chi connectivity index (χ0n) is 13.4. The molecule has 0 bridgehead atoms. The zero-order chi connectivity index (χ0) is 18.7. The van der Waals surface area contributed by atoms with Crippen LogP contribution in [0.25, 0.3) is 0 Å². The van der Waals surface area contributed by atoms with Crippen LogP contribution < -0.4 is 0 Å². The summed E-state index contributed by atoms with van der Waals surface area (Å²) in [5.41, 5.74) is 0. The summed E-state index contributed by atoms with van der Waals surface area (Å²) in [6, 6.07) is -1.41. The maximum absolute atomic E-state index is 13.4. The normalized spacial score (nSPS) is 42.8. The molecule has 2 aliphatic rings. The zero-order valence-corrected chi connectivity index (χ0v) is 13.4. The molecule has 1 saturated heterocycles. The lowest BCUT2D eigenvalue weighted by Gasteiger charge is -2.42. The number of aliphatic hydroxyl groups excluding tert-OH is 6. The van der Waals surface area contributed by atoms with E-state index in [-0.39, 0.29) is 6.61 Å². The highest BCUT2D eigenvalue weighted by Crippen LogP contribution is 2.30. The Bertz CT molecular complexity index is 475. The van der Waals surface area contributed by atoms with Crippen molar-refractivity contribution in [1.29, 1.82) is 0 Å². The molecule has 0 amide bonds. The number of halogens is 1. The van der Waals surface area contributed by atoms with E-state index in [1.165, 1.54) is 7.11 Å². The number of aliphatic hydroxyl groups is 6. The molecule has 146 valence electrons. The fourth-order valence-electron chi connectivity index (χ4n) is 2.71. The van der Waals surface area contributed by atoms with Gasteiger partial charge < -0.3 is 49.6 Å². The predicted octanol–water partition coefficient (Wildman–Crippen LogP) is -2.48. The summed E-state index contributed by atoms with van der Waals surface area (Å²) in [5.74, 6) is -2.09. The second kappa shape index (κ2) is 8.56. The topological polar surface area (TPSA) is 158 Å². The van der Waals surface area contributed by atoms with Crippen LogP contribution in [0.1, 0.15) is 0 Å². The summed E-state index contributed by atoms with van der Waals surface area (Å²) >= 11 is 0. The van der Waals surface area contributed by atoms with Crippen LogP contribution in [-0.4, -0.2) is 100 Å². The third-order valence-electron chi connectivity index (χ3n) is 4.21. The van der Waals surface area contributed by atoms with Gasteiger partial charge in [-0.1, -0.05) is 0 Å². The summed E-state index contributed by atoms with van der Waals surface area (Å²) in [4.78, 5) is 0. The summed E-state index contributed by atoms with van der Waals surface area (Å²) < 4.78 is 33.6. The Morgan fingerprint density at radius 3 is 2.44 bits per heavy atom. The highest BCUT2D eigenvalue weighted by atomic mass is 19.1. The number of ether oxygens (including phenoxy) is 4. The van der Waals surface area contributed by atoms with Gasteiger partial charge in [-0.15, -0.1) is 0 Å². The predicted molar refractivity (Wildman–Crippen MR) is 76.7 cm³/mol. The van der Waals surface area contributed by atoms with Crippen molar-refractivity contribution >= 4 is 0 Å². The van der Waals surface area contributed by atoms with Crippen LogP contribution in [0.4, 0.5) is 4.39 Å². The molecule has 1 fully saturated rings. The molecule has 10 nitrogen and oxygen atoms in total. The van der Waals surface area contributed by atoms with E-state index in [9.17, 15) is 35.0 Å². The molecule has 0 saturated carbocycles. The van der Waals surface area contributed by atoms with Gasteiger partial charge in [0.05, 0.1) is 19.8 Å². The Labute approximate surface area is 142 Å². The molecule has 6 N–H and O–H groups in total. The van der Waals surface area contributed by atoms with Gasteiger partial charge in [0.15, 0.2) is 12.0 Å². The lowest BCUT2D eigenvalue weighted by molar-refractivity contribution is -0.322. The standard InChI is InChI=1S/C14H23FO10/c1-22-4-6-7(17)8(18)11(21)14(24-6)25-12-5(2-16)3-23-13(15)10(20)9(12)19/h5-9,11-12,14,16-21H,2-4H2,1H3/t5?,6?,7-,8?,9?,11?,12-,14-/m1/s1. The molecule has 0 aliphatic carbocycles. The fraction of sp³-hybridized carbons (Fsp3) is 0.857. The smallest absolute Gasteiger partial charge is 0.313 e. The van der Waals surface area contributed by atoms with Crippen molar-refractivity contribution in [2.45, 2.75) is 42.9 Å². The lowest BCUT2D eigenvalue weighted by atomic mass is 9.97. The van der Waals surface area contributed by atoms with Gasteiger partial charge in [-0.25, -0.2) is 0 Å². The summed E-state index contributed by atoms with van der Waals surface area (Å²) in [6.45, 7) is -1.12. The SMILES string of the molecule is COCC1O[C@H](O[C@@H]2C(CO)COC(F)=C(O)C2O)C(O)C(O)[C@@H]1O. The summed E-state index contributed by atoms with van der Waals surface area (Å²) in [5, 5.41) is 58.8. The Kier molecular flexibility index (Phi) is 6.93. The third kappa shape index (κ3) is 4.20. The Balaban J connectivity index is 2.18. The molecule has 2 heterocycles. The van der Waals surface area contributed by atoms with E-state index in [0.717, 1.165) is 0 Å². The minimum absolute atomic E-state index is 0.121. The maximum Gasteiger partial charge on any atom is 0.313 e. The minimum atomic E-state index is -1.90. The molecule has 2 rings (SSSR count). The first-order valence-electron chi connectivity index (χ1n) is 7.66. The second-order valence-corrected chi connectivity index (χ2v) is 5.93. The molecular formula is C14H23FO10. The van der Waals surface area contributed by atoms with Gasteiger partial charge in [0.2, 0.25) is 0 Å². The van der Waals surface area contributed by atoms with E-state index in [2.05, 4.69) is 4.74 Å². The van der Waals surface area contributed by atoms with Crippen molar-refractivity contribution in [3.8, 4) is 0 Å². The first-order chi connectivity index (χ1) is 11.8. The molecule has 0 aromatic carbocycles. The van der Waals surface area contributed by atoms with Crippen LogP contribution in [0.15, 0.2) is 11.8 Å². The molecule has 0 aromatic heterocycles. The first kappa shape index (κ1) is 20.3. The van der Waals surface area contributed by atoms with E-state index in [1.54, 1.807) is 0 Å². The van der Waals surface area contributed by atoms with E-state index in [1.807, 2.05) is 0 Å². The van der Waals surface area contributed by atoms with Crippen LogP contribution in [0, 0.1) is 5.92 Å². The van der Waals surface area contributed by atoms with Crippen LogP contribution >= 0.6 is 0 Å². The third-order valence-corrected chi connectivity index (χ3v) is 4.21. The molecule has 11 heteroatoms. The van der Waals surface area contributed by atoms with Crippen LogP contribution in [0.5, 0.6) is 0 Å². The molecule has 2 aliphatic heterocycles. The highest BCUT2D eigenvalue weighted by molar-refractivity contribution is 5.06. The molecule has 0 radical (unpaired) electrons. The Morgan fingerprint density at radius 1 is 1.16 bits per heavy atom. The number of rotatable bonds is 5. The van der Waals surface area contributed by atoms with Gasteiger partial charge in [-0.05, 0) is 0 Å². The highest BCUT2D eigenvalue weighted by Gasteiger charge is 2.47. The van der Waals surface area contributed by atoms with E-state index < -0.39 is 73.8 Å². The van der Waals surface area contributed by atoms with Gasteiger partial charge in [0.1, 0.15) is 36.6 Å².